The summed E-state index contributed by atoms with van der Waals surface area (Å²) in [5.41, 5.74) is 7.29. The normalized spacial score (nSPS) is 24.0. The van der Waals surface area contributed by atoms with E-state index in [1.165, 1.54) is 12.1 Å². The molecule has 2 unspecified atom stereocenters. The molecule has 7 nitrogen and oxygen atoms in total. The number of aliphatic hydroxyl groups excluding tert-OH is 2. The number of ketones is 2. The topological polar surface area (TPSA) is 138 Å². The number of primary amides is 1. The molecule has 0 radical (unpaired) electrons. The number of aryl methyl sites for hydroxylation is 1. The Labute approximate surface area is 194 Å². The van der Waals surface area contributed by atoms with Gasteiger partial charge in [-0.15, -0.1) is 0 Å². The lowest BCUT2D eigenvalue weighted by Gasteiger charge is -2.41. The number of carbonyl (C=O) groups excluding carboxylic acids is 3. The molecule has 0 aromatic heterocycles. The number of nitrogens with two attached hydrogens (primary N) is 1. The van der Waals surface area contributed by atoms with Gasteiger partial charge in [0.1, 0.15) is 28.7 Å². The summed E-state index contributed by atoms with van der Waals surface area (Å²) in [6.07, 6.45) is 0.500. The quantitative estimate of drug-likeness (QED) is 0.504. The van der Waals surface area contributed by atoms with Crippen LogP contribution in [-0.4, -0.2) is 32.8 Å². The number of amides is 1. The highest BCUT2D eigenvalue weighted by Gasteiger charge is 2.50. The number of aromatic hydroxyl groups is 1. The van der Waals surface area contributed by atoms with Crippen molar-refractivity contribution in [2.45, 2.75) is 26.2 Å². The van der Waals surface area contributed by atoms with Crippen molar-refractivity contribution in [2.24, 2.45) is 23.5 Å². The summed E-state index contributed by atoms with van der Waals surface area (Å²) in [6, 6.07) is 7.73. The Morgan fingerprint density at radius 2 is 1.82 bits per heavy atom. The zero-order valence-electron chi connectivity index (χ0n) is 18.3. The molecule has 0 spiro atoms. The van der Waals surface area contributed by atoms with Gasteiger partial charge >= 0.3 is 0 Å². The molecule has 8 heteroatoms. The summed E-state index contributed by atoms with van der Waals surface area (Å²) in [5, 5.41) is 32.3. The molecule has 3 atom stereocenters. The first-order chi connectivity index (χ1) is 16.1. The second-order valence-corrected chi connectivity index (χ2v) is 9.20. The van der Waals surface area contributed by atoms with Crippen LogP contribution in [0.5, 0.6) is 5.75 Å². The SMILES string of the molecule is Cc1cc(-c2ccc(O)c3c2C[C@H]2CC4CC(=O)C(C(N)=O)=C(O)C4C(=O)C2=C3O)ccc1F. The fraction of sp³-hybridized carbons (Fsp3) is 0.269. The van der Waals surface area contributed by atoms with Crippen molar-refractivity contribution in [2.75, 3.05) is 0 Å². The number of allylic oxidation sites excluding steroid dienone is 2. The van der Waals surface area contributed by atoms with E-state index in [2.05, 4.69) is 0 Å². The summed E-state index contributed by atoms with van der Waals surface area (Å²) in [4.78, 5) is 37.6. The highest BCUT2D eigenvalue weighted by atomic mass is 19.1. The third-order valence-electron chi connectivity index (χ3n) is 7.24. The van der Waals surface area contributed by atoms with Crippen molar-refractivity contribution < 1.29 is 34.1 Å². The largest absolute Gasteiger partial charge is 0.511 e. The van der Waals surface area contributed by atoms with Gasteiger partial charge in [0.25, 0.3) is 5.91 Å². The van der Waals surface area contributed by atoms with Gasteiger partial charge in [-0.05, 0) is 72.1 Å². The Morgan fingerprint density at radius 3 is 2.50 bits per heavy atom. The molecule has 2 aromatic carbocycles. The van der Waals surface area contributed by atoms with E-state index >= 15 is 0 Å². The van der Waals surface area contributed by atoms with Crippen LogP contribution in [0.4, 0.5) is 4.39 Å². The van der Waals surface area contributed by atoms with Crippen molar-refractivity contribution in [1.82, 2.24) is 0 Å². The number of Topliss-reactive ketones (excluding diaryl/α,β-unsaturated/α-hetero) is 2. The fourth-order valence-electron chi connectivity index (χ4n) is 5.72. The highest BCUT2D eigenvalue weighted by Crippen LogP contribution is 2.51. The highest BCUT2D eigenvalue weighted by molar-refractivity contribution is 6.21. The van der Waals surface area contributed by atoms with E-state index in [4.69, 9.17) is 5.73 Å². The van der Waals surface area contributed by atoms with Crippen LogP contribution in [0.15, 0.2) is 47.2 Å². The molecule has 1 fully saturated rings. The summed E-state index contributed by atoms with van der Waals surface area (Å²) in [7, 11) is 0. The molecule has 2 aromatic rings. The van der Waals surface area contributed by atoms with Crippen LogP contribution < -0.4 is 5.73 Å². The Kier molecular flexibility index (Phi) is 4.86. The molecule has 34 heavy (non-hydrogen) atoms. The zero-order chi connectivity index (χ0) is 24.5. The Balaban J connectivity index is 1.67. The molecule has 0 aliphatic heterocycles. The molecule has 0 heterocycles. The van der Waals surface area contributed by atoms with Crippen LogP contribution >= 0.6 is 0 Å². The maximum absolute atomic E-state index is 13.8. The summed E-state index contributed by atoms with van der Waals surface area (Å²) in [5.74, 6) is -6.05. The number of carbonyl (C=O) groups is 3. The number of phenols is 1. The van der Waals surface area contributed by atoms with Crippen LogP contribution in [0.1, 0.15) is 29.5 Å². The lowest BCUT2D eigenvalue weighted by molar-refractivity contribution is -0.127. The lowest BCUT2D eigenvalue weighted by atomic mass is 9.61. The molecule has 174 valence electrons. The smallest absolute Gasteiger partial charge is 0.255 e. The Bertz CT molecular complexity index is 1370. The Morgan fingerprint density at radius 1 is 1.09 bits per heavy atom. The predicted molar refractivity (Wildman–Crippen MR) is 120 cm³/mol. The minimum Gasteiger partial charge on any atom is -0.511 e. The van der Waals surface area contributed by atoms with Gasteiger partial charge in [-0.1, -0.05) is 12.1 Å². The molecule has 3 aliphatic rings. The van der Waals surface area contributed by atoms with Crippen LogP contribution in [0, 0.1) is 30.5 Å². The third-order valence-corrected chi connectivity index (χ3v) is 7.24. The number of halogens is 1. The molecule has 1 amide bonds. The van der Waals surface area contributed by atoms with Gasteiger partial charge in [-0.25, -0.2) is 4.39 Å². The van der Waals surface area contributed by atoms with Crippen molar-refractivity contribution >= 4 is 23.2 Å². The van der Waals surface area contributed by atoms with E-state index in [-0.39, 0.29) is 29.1 Å². The van der Waals surface area contributed by atoms with Crippen LogP contribution in [0.25, 0.3) is 16.9 Å². The van der Waals surface area contributed by atoms with Gasteiger partial charge in [0, 0.05) is 12.0 Å². The molecule has 5 N–H and O–H groups in total. The first kappa shape index (κ1) is 21.9. The standard InChI is InChI=1S/C26H22FNO6/c1-10-6-11(2-4-16(10)27)14-3-5-17(29)21-15(14)8-12-7-13-9-18(30)22(26(28)34)25(33)20(13)23(31)19(12)24(21)32/h2-6,12-13,20,29,32-33H,7-9H2,1H3,(H2,28,34)/t12-,13?,20?/m1/s1. The van der Waals surface area contributed by atoms with E-state index in [1.54, 1.807) is 25.1 Å². The van der Waals surface area contributed by atoms with Crippen LogP contribution in [0.2, 0.25) is 0 Å². The second-order valence-electron chi connectivity index (χ2n) is 9.20. The number of hydrogen-bond acceptors (Lipinski definition) is 6. The lowest BCUT2D eigenvalue weighted by Crippen LogP contribution is -2.44. The third kappa shape index (κ3) is 3.05. The first-order valence-electron chi connectivity index (χ1n) is 10.9. The molecular weight excluding hydrogens is 441 g/mol. The van der Waals surface area contributed by atoms with Gasteiger partial charge in [0.2, 0.25) is 0 Å². The molecule has 3 aliphatic carbocycles. The predicted octanol–water partition coefficient (Wildman–Crippen LogP) is 3.42. The number of hydrogen-bond donors (Lipinski definition) is 4. The molecule has 1 saturated carbocycles. The minimum atomic E-state index is -1.15. The van der Waals surface area contributed by atoms with Crippen molar-refractivity contribution in [1.29, 1.82) is 0 Å². The van der Waals surface area contributed by atoms with Crippen LogP contribution in [0.3, 0.4) is 0 Å². The average molecular weight is 463 g/mol. The second kappa shape index (κ2) is 7.55. The van der Waals surface area contributed by atoms with Crippen molar-refractivity contribution in [3.63, 3.8) is 0 Å². The molecule has 0 bridgehead atoms. The van der Waals surface area contributed by atoms with Crippen molar-refractivity contribution in [3.8, 4) is 16.9 Å². The molecular formula is C26H22FNO6. The van der Waals surface area contributed by atoms with Gasteiger partial charge in [0.05, 0.1) is 11.5 Å². The van der Waals surface area contributed by atoms with E-state index in [1.807, 2.05) is 0 Å². The summed E-state index contributed by atoms with van der Waals surface area (Å²) >= 11 is 0. The molecule has 0 saturated heterocycles. The fourth-order valence-corrected chi connectivity index (χ4v) is 5.72. The van der Waals surface area contributed by atoms with E-state index in [9.17, 15) is 34.1 Å². The van der Waals surface area contributed by atoms with Crippen molar-refractivity contribution in [3.05, 3.63) is 69.7 Å². The number of benzene rings is 2. The van der Waals surface area contributed by atoms with E-state index in [0.717, 1.165) is 0 Å². The Hall–Kier alpha value is -3.94. The number of rotatable bonds is 2. The molecule has 5 rings (SSSR count). The summed E-state index contributed by atoms with van der Waals surface area (Å²) < 4.78 is 13.8. The average Bonchev–Trinajstić information content (AvgIpc) is 2.75. The van der Waals surface area contributed by atoms with Crippen LogP contribution in [-0.2, 0) is 20.8 Å². The van der Waals surface area contributed by atoms with Gasteiger partial charge in [-0.2, -0.15) is 0 Å². The van der Waals surface area contributed by atoms with Gasteiger partial charge < -0.3 is 21.1 Å². The first-order valence-corrected chi connectivity index (χ1v) is 10.9. The van der Waals surface area contributed by atoms with Gasteiger partial charge in [-0.3, -0.25) is 14.4 Å². The number of aliphatic hydroxyl groups is 2. The summed E-state index contributed by atoms with van der Waals surface area (Å²) in [6.45, 7) is 1.64. The zero-order valence-corrected chi connectivity index (χ0v) is 18.3. The number of phenolic OH excluding ortho intramolecular Hbond substituents is 1. The van der Waals surface area contributed by atoms with E-state index < -0.39 is 52.3 Å². The van der Waals surface area contributed by atoms with E-state index in [0.29, 0.717) is 35.1 Å². The maximum Gasteiger partial charge on any atom is 0.255 e. The monoisotopic (exact) mass is 463 g/mol. The minimum absolute atomic E-state index is 0.0567. The maximum atomic E-state index is 13.8. The van der Waals surface area contributed by atoms with Gasteiger partial charge in [0.15, 0.2) is 11.6 Å². The number of fused-ring (bicyclic) bond motifs is 3.